The van der Waals surface area contributed by atoms with Crippen molar-refractivity contribution in [2.24, 2.45) is 7.05 Å². The maximum atomic E-state index is 6.51. The Morgan fingerprint density at radius 3 is 2.27 bits per heavy atom. The van der Waals surface area contributed by atoms with Gasteiger partial charge in [0.1, 0.15) is 18.2 Å². The summed E-state index contributed by atoms with van der Waals surface area (Å²) in [6, 6.07) is 20.2. The van der Waals surface area contributed by atoms with E-state index in [9.17, 15) is 0 Å². The number of nitrogens with zero attached hydrogens (tertiary/aromatic N) is 1. The molecule has 33 heavy (non-hydrogen) atoms. The quantitative estimate of drug-likeness (QED) is 0.204. The van der Waals surface area contributed by atoms with Gasteiger partial charge in [-0.05, 0) is 59.8 Å². The second-order valence-corrected chi connectivity index (χ2v) is 15.9. The summed E-state index contributed by atoms with van der Waals surface area (Å²) >= 11 is 0. The molecular weight excluding hydrogens is 418 g/mol. The molecule has 0 aliphatic heterocycles. The maximum Gasteiger partial charge on any atom is 0.216 e. The summed E-state index contributed by atoms with van der Waals surface area (Å²) in [4.78, 5) is 0. The molecule has 2 nitrogen and oxygen atoms in total. The number of furan rings is 1. The first kappa shape index (κ1) is 21.9. The van der Waals surface area contributed by atoms with Gasteiger partial charge in [-0.25, -0.2) is 0 Å². The highest BCUT2D eigenvalue weighted by Crippen LogP contribution is 2.39. The van der Waals surface area contributed by atoms with Gasteiger partial charge in [-0.3, -0.25) is 0 Å². The monoisotopic (exact) mass is 452 g/mol. The maximum absolute atomic E-state index is 6.51. The number of benzene rings is 3. The minimum absolute atomic E-state index is 0.517. The van der Waals surface area contributed by atoms with Gasteiger partial charge in [0.15, 0.2) is 0 Å². The van der Waals surface area contributed by atoms with E-state index in [1.165, 1.54) is 54.8 Å². The Morgan fingerprint density at radius 2 is 1.58 bits per heavy atom. The molecule has 0 aliphatic rings. The summed E-state index contributed by atoms with van der Waals surface area (Å²) in [7, 11) is 0.588. The third-order valence-corrected chi connectivity index (χ3v) is 9.26. The van der Waals surface area contributed by atoms with E-state index in [4.69, 9.17) is 4.42 Å². The molecule has 0 unspecified atom stereocenters. The lowest BCUT2D eigenvalue weighted by Gasteiger charge is -2.21. The fraction of sp³-hybridized carbons (Fsp3) is 0.300. The van der Waals surface area contributed by atoms with Gasteiger partial charge in [0, 0.05) is 28.3 Å². The van der Waals surface area contributed by atoms with Crippen LogP contribution in [-0.4, -0.2) is 8.07 Å². The lowest BCUT2D eigenvalue weighted by atomic mass is 9.95. The van der Waals surface area contributed by atoms with Gasteiger partial charge in [0.25, 0.3) is 0 Å². The van der Waals surface area contributed by atoms with Gasteiger partial charge >= 0.3 is 0 Å². The molecule has 0 saturated carbocycles. The molecule has 0 fully saturated rings. The lowest BCUT2D eigenvalue weighted by Crippen LogP contribution is -2.43. The Labute approximate surface area is 197 Å². The Bertz CT molecular complexity index is 1550. The van der Waals surface area contributed by atoms with Gasteiger partial charge in [0.2, 0.25) is 11.2 Å². The SMILES string of the molecule is Cc1cc2c(oc3ccccc32)c(-c2cc([Si](C)(C)C)c3cc(C(C)C)ccc3[n+]2C)c1C. The molecule has 0 spiro atoms. The zero-order valence-corrected chi connectivity index (χ0v) is 22.1. The topological polar surface area (TPSA) is 17.0 Å². The van der Waals surface area contributed by atoms with Crippen LogP contribution in [0.5, 0.6) is 0 Å². The van der Waals surface area contributed by atoms with Crippen LogP contribution in [0.4, 0.5) is 0 Å². The Kier molecular flexibility index (Phi) is 5.02. The van der Waals surface area contributed by atoms with Crippen molar-refractivity contribution in [3.05, 3.63) is 71.3 Å². The van der Waals surface area contributed by atoms with Gasteiger partial charge in [0.05, 0.1) is 13.6 Å². The Balaban J connectivity index is 1.94. The van der Waals surface area contributed by atoms with Crippen molar-refractivity contribution in [2.45, 2.75) is 53.3 Å². The minimum atomic E-state index is -1.62. The van der Waals surface area contributed by atoms with E-state index in [2.05, 4.69) is 114 Å². The van der Waals surface area contributed by atoms with Crippen LogP contribution < -0.4 is 9.75 Å². The highest BCUT2D eigenvalue weighted by molar-refractivity contribution is 6.90. The van der Waals surface area contributed by atoms with Crippen LogP contribution in [0.3, 0.4) is 0 Å². The first-order valence-electron chi connectivity index (χ1n) is 12.0. The third-order valence-electron chi connectivity index (χ3n) is 7.23. The smallest absolute Gasteiger partial charge is 0.216 e. The number of aromatic nitrogens is 1. The van der Waals surface area contributed by atoms with Crippen LogP contribution in [0.1, 0.15) is 36.5 Å². The number of para-hydroxylation sites is 1. The second-order valence-electron chi connectivity index (χ2n) is 10.9. The van der Waals surface area contributed by atoms with Crippen molar-refractivity contribution in [3.8, 4) is 11.3 Å². The van der Waals surface area contributed by atoms with Crippen molar-refractivity contribution < 1.29 is 8.98 Å². The standard InChI is InChI=1S/C30H34NOSi/c1-18(2)21-13-14-25-24(16-21)28(33(6,7)8)17-26(31(25)5)29-20(4)19(3)15-23-22-11-9-10-12-27(22)32-30(23)29/h9-18H,1-8H3/q+1. The van der Waals surface area contributed by atoms with E-state index in [-0.39, 0.29) is 0 Å². The van der Waals surface area contributed by atoms with Crippen molar-refractivity contribution >= 4 is 46.1 Å². The molecular formula is C30H34NOSi+. The van der Waals surface area contributed by atoms with E-state index in [1.54, 1.807) is 0 Å². The summed E-state index contributed by atoms with van der Waals surface area (Å²) < 4.78 is 8.89. The average molecular weight is 453 g/mol. The first-order chi connectivity index (χ1) is 15.6. The summed E-state index contributed by atoms with van der Waals surface area (Å²) in [5, 5.41) is 5.30. The number of rotatable bonds is 3. The van der Waals surface area contributed by atoms with Crippen LogP contribution in [0.25, 0.3) is 44.1 Å². The van der Waals surface area contributed by atoms with Crippen molar-refractivity contribution in [1.82, 2.24) is 0 Å². The molecule has 0 amide bonds. The van der Waals surface area contributed by atoms with Crippen LogP contribution in [0.2, 0.25) is 19.6 Å². The lowest BCUT2D eigenvalue weighted by molar-refractivity contribution is -0.633. The van der Waals surface area contributed by atoms with Crippen molar-refractivity contribution in [2.75, 3.05) is 0 Å². The number of hydrogen-bond donors (Lipinski definition) is 0. The Hall–Kier alpha value is -2.91. The summed E-state index contributed by atoms with van der Waals surface area (Å²) in [6.45, 7) is 16.4. The zero-order chi connectivity index (χ0) is 23.7. The largest absolute Gasteiger partial charge is 0.455 e. The van der Waals surface area contributed by atoms with Gasteiger partial charge < -0.3 is 4.42 Å². The number of hydrogen-bond acceptors (Lipinski definition) is 1. The van der Waals surface area contributed by atoms with Gasteiger partial charge in [-0.1, -0.05) is 57.8 Å². The molecule has 2 aromatic heterocycles. The summed E-state index contributed by atoms with van der Waals surface area (Å²) in [5.74, 6) is 0.517. The molecule has 0 aliphatic carbocycles. The predicted octanol–water partition coefficient (Wildman–Crippen LogP) is 7.52. The number of fused-ring (bicyclic) bond motifs is 4. The van der Waals surface area contributed by atoms with Crippen LogP contribution >= 0.6 is 0 Å². The van der Waals surface area contributed by atoms with Crippen LogP contribution in [-0.2, 0) is 7.05 Å². The molecule has 3 heteroatoms. The molecule has 168 valence electrons. The third kappa shape index (κ3) is 3.41. The van der Waals surface area contributed by atoms with E-state index < -0.39 is 8.07 Å². The second kappa shape index (κ2) is 7.56. The number of aryl methyl sites for hydroxylation is 2. The van der Waals surface area contributed by atoms with Gasteiger partial charge in [-0.15, -0.1) is 0 Å². The summed E-state index contributed by atoms with van der Waals surface area (Å²) in [6.07, 6.45) is 0. The highest BCUT2D eigenvalue weighted by atomic mass is 28.3. The Morgan fingerprint density at radius 1 is 0.848 bits per heavy atom. The highest BCUT2D eigenvalue weighted by Gasteiger charge is 2.29. The van der Waals surface area contributed by atoms with E-state index in [1.807, 2.05) is 0 Å². The van der Waals surface area contributed by atoms with E-state index >= 15 is 0 Å². The van der Waals surface area contributed by atoms with Crippen LogP contribution in [0.15, 0.2) is 59.0 Å². The van der Waals surface area contributed by atoms with Crippen molar-refractivity contribution in [1.29, 1.82) is 0 Å². The minimum Gasteiger partial charge on any atom is -0.455 e. The summed E-state index contributed by atoms with van der Waals surface area (Å²) in [5.41, 5.74) is 9.69. The number of pyridine rings is 1. The average Bonchev–Trinajstić information content (AvgIpc) is 3.12. The molecule has 3 aromatic carbocycles. The molecule has 0 radical (unpaired) electrons. The molecule has 0 N–H and O–H groups in total. The van der Waals surface area contributed by atoms with Gasteiger partial charge in [-0.2, -0.15) is 4.57 Å². The molecule has 0 atom stereocenters. The molecule has 0 bridgehead atoms. The molecule has 5 aromatic rings. The first-order valence-corrected chi connectivity index (χ1v) is 15.5. The van der Waals surface area contributed by atoms with Crippen LogP contribution in [0, 0.1) is 13.8 Å². The fourth-order valence-electron chi connectivity index (χ4n) is 5.12. The van der Waals surface area contributed by atoms with Crippen molar-refractivity contribution in [3.63, 3.8) is 0 Å². The zero-order valence-electron chi connectivity index (χ0n) is 21.1. The van der Waals surface area contributed by atoms with E-state index in [0.717, 1.165) is 11.2 Å². The normalized spacial score (nSPS) is 12.5. The molecule has 2 heterocycles. The van der Waals surface area contributed by atoms with E-state index in [0.29, 0.717) is 5.92 Å². The predicted molar refractivity (Wildman–Crippen MR) is 144 cm³/mol. The molecule has 0 saturated heterocycles. The molecule has 5 rings (SSSR count). The fourth-order valence-corrected chi connectivity index (χ4v) is 6.70.